The Kier molecular flexibility index (Phi) is 6.44. The molecule has 174 valence electrons. The van der Waals surface area contributed by atoms with Crippen LogP contribution in [-0.2, 0) is 6.42 Å². The maximum absolute atomic E-state index is 15.0. The summed E-state index contributed by atoms with van der Waals surface area (Å²) in [4.78, 5) is 7.92. The molecule has 4 rings (SSSR count). The third-order valence-electron chi connectivity index (χ3n) is 5.96. The van der Waals surface area contributed by atoms with Gasteiger partial charge in [-0.3, -0.25) is 0 Å². The Bertz CT molecular complexity index is 1160. The molecule has 0 atom stereocenters. The predicted molar refractivity (Wildman–Crippen MR) is 124 cm³/mol. The Morgan fingerprint density at radius 2 is 1.58 bits per heavy atom. The average Bonchev–Trinajstić information content (AvgIpc) is 2.77. The lowest BCUT2D eigenvalue weighted by atomic mass is 9.97. The minimum absolute atomic E-state index is 0.0496. The lowest BCUT2D eigenvalue weighted by molar-refractivity contribution is 0.310. The van der Waals surface area contributed by atoms with Crippen LogP contribution in [0.4, 0.5) is 24.7 Å². The van der Waals surface area contributed by atoms with E-state index >= 15 is 0 Å². The van der Waals surface area contributed by atoms with Crippen LogP contribution in [0, 0.1) is 17.5 Å². The lowest BCUT2D eigenvalue weighted by Gasteiger charge is -2.34. The minimum Gasteiger partial charge on any atom is -0.508 e. The summed E-state index contributed by atoms with van der Waals surface area (Å²) in [6.45, 7) is 2.77. The second kappa shape index (κ2) is 9.29. The molecule has 1 fully saturated rings. The van der Waals surface area contributed by atoms with Crippen molar-refractivity contribution < 1.29 is 18.3 Å². The molecule has 2 aromatic carbocycles. The molecule has 0 bridgehead atoms. The molecule has 2 heterocycles. The van der Waals surface area contributed by atoms with E-state index in [0.29, 0.717) is 30.6 Å². The van der Waals surface area contributed by atoms with Crippen LogP contribution in [0.2, 0.25) is 0 Å². The number of rotatable bonds is 5. The van der Waals surface area contributed by atoms with Gasteiger partial charge in [-0.15, -0.1) is 0 Å². The molecule has 5 N–H and O–H groups in total. The van der Waals surface area contributed by atoms with Gasteiger partial charge in [0, 0.05) is 55.1 Å². The van der Waals surface area contributed by atoms with E-state index in [1.54, 1.807) is 4.90 Å². The van der Waals surface area contributed by atoms with Gasteiger partial charge >= 0.3 is 0 Å². The average molecular weight is 458 g/mol. The first-order valence-corrected chi connectivity index (χ1v) is 10.7. The molecule has 0 aliphatic carbocycles. The molecule has 0 spiro atoms. The molecule has 1 aliphatic heterocycles. The number of halogens is 3. The van der Waals surface area contributed by atoms with E-state index in [-0.39, 0.29) is 40.5 Å². The number of nitrogen functional groups attached to an aromatic ring is 1. The number of nitrogens with two attached hydrogens (primary N) is 2. The van der Waals surface area contributed by atoms with Gasteiger partial charge in [0.15, 0.2) is 0 Å². The Morgan fingerprint density at radius 3 is 2.21 bits per heavy atom. The van der Waals surface area contributed by atoms with Crippen molar-refractivity contribution in [1.29, 1.82) is 0 Å². The molecule has 1 saturated heterocycles. The number of hydrogen-bond acceptors (Lipinski definition) is 6. The minimum atomic E-state index is -0.693. The van der Waals surface area contributed by atoms with Gasteiger partial charge in [0.1, 0.15) is 34.7 Å². The molecule has 1 aromatic heterocycles. The van der Waals surface area contributed by atoms with Crippen molar-refractivity contribution in [2.75, 3.05) is 50.4 Å². The van der Waals surface area contributed by atoms with Crippen LogP contribution in [-0.4, -0.2) is 54.8 Å². The summed E-state index contributed by atoms with van der Waals surface area (Å²) >= 11 is 0. The van der Waals surface area contributed by atoms with Gasteiger partial charge in [0.05, 0.1) is 0 Å². The SMILES string of the molecule is CN1CCN(c2c(F)cc(-c3cnc(N)c(-c4cc(CCN)c(O)cc4F)c3)cc2F)CC1. The van der Waals surface area contributed by atoms with Crippen molar-refractivity contribution in [2.24, 2.45) is 5.73 Å². The number of phenolic OH excluding ortho intramolecular Hbond substituents is 1. The monoisotopic (exact) mass is 457 g/mol. The first-order chi connectivity index (χ1) is 15.8. The number of likely N-dealkylation sites (N-methyl/N-ethyl adjacent to an activating group) is 1. The van der Waals surface area contributed by atoms with Gasteiger partial charge in [-0.25, -0.2) is 18.2 Å². The van der Waals surface area contributed by atoms with Crippen LogP contribution in [0.1, 0.15) is 5.56 Å². The fraction of sp³-hybridized carbons (Fsp3) is 0.292. The molecule has 0 amide bonds. The van der Waals surface area contributed by atoms with E-state index in [0.717, 1.165) is 19.2 Å². The third kappa shape index (κ3) is 4.60. The smallest absolute Gasteiger partial charge is 0.150 e. The van der Waals surface area contributed by atoms with Crippen molar-refractivity contribution in [3.05, 3.63) is 59.5 Å². The standard InChI is InChI=1S/C24H26F3N5O/c1-31-4-6-32(7-5-31)23-20(26)10-15(11-21(23)27)16-9-18(24(29)30-13-16)17-8-14(2-3-28)22(33)12-19(17)25/h8-13,33H,2-7,28H2,1H3,(H2,29,30). The zero-order valence-electron chi connectivity index (χ0n) is 18.3. The largest absolute Gasteiger partial charge is 0.508 e. The summed E-state index contributed by atoms with van der Waals surface area (Å²) in [5.74, 6) is -2.19. The number of aromatic hydroxyl groups is 1. The van der Waals surface area contributed by atoms with Crippen LogP contribution >= 0.6 is 0 Å². The fourth-order valence-electron chi connectivity index (χ4n) is 4.08. The zero-order chi connectivity index (χ0) is 23.7. The van der Waals surface area contributed by atoms with Crippen LogP contribution in [0.3, 0.4) is 0 Å². The summed E-state index contributed by atoms with van der Waals surface area (Å²) < 4.78 is 44.7. The Labute approximate surface area is 190 Å². The predicted octanol–water partition coefficient (Wildman–Crippen LogP) is 3.37. The van der Waals surface area contributed by atoms with E-state index in [2.05, 4.69) is 9.88 Å². The van der Waals surface area contributed by atoms with Crippen molar-refractivity contribution >= 4 is 11.5 Å². The van der Waals surface area contributed by atoms with Gasteiger partial charge in [0.25, 0.3) is 0 Å². The van der Waals surface area contributed by atoms with Gasteiger partial charge in [-0.05, 0) is 55.4 Å². The van der Waals surface area contributed by atoms with E-state index in [4.69, 9.17) is 11.5 Å². The first-order valence-electron chi connectivity index (χ1n) is 10.7. The molecule has 0 unspecified atom stereocenters. The number of nitrogens with zero attached hydrogens (tertiary/aromatic N) is 3. The molecular weight excluding hydrogens is 431 g/mol. The normalized spacial score (nSPS) is 14.6. The van der Waals surface area contributed by atoms with E-state index in [1.165, 1.54) is 30.5 Å². The van der Waals surface area contributed by atoms with Crippen molar-refractivity contribution in [3.8, 4) is 28.0 Å². The molecule has 33 heavy (non-hydrogen) atoms. The van der Waals surface area contributed by atoms with E-state index < -0.39 is 17.5 Å². The quantitative estimate of drug-likeness (QED) is 0.544. The number of aromatic nitrogens is 1. The summed E-state index contributed by atoms with van der Waals surface area (Å²) in [5.41, 5.74) is 13.0. The Hall–Kier alpha value is -3.30. The van der Waals surface area contributed by atoms with Crippen molar-refractivity contribution in [3.63, 3.8) is 0 Å². The Morgan fingerprint density at radius 1 is 0.909 bits per heavy atom. The highest BCUT2D eigenvalue weighted by Gasteiger charge is 2.22. The number of hydrogen-bond donors (Lipinski definition) is 3. The highest BCUT2D eigenvalue weighted by molar-refractivity contribution is 5.80. The third-order valence-corrected chi connectivity index (χ3v) is 5.96. The summed E-state index contributed by atoms with van der Waals surface area (Å²) in [5, 5.41) is 9.97. The molecule has 1 aliphatic rings. The number of phenols is 1. The maximum atomic E-state index is 15.0. The van der Waals surface area contributed by atoms with Gasteiger partial charge in [-0.1, -0.05) is 0 Å². The van der Waals surface area contributed by atoms with Gasteiger partial charge < -0.3 is 26.4 Å². The van der Waals surface area contributed by atoms with Crippen LogP contribution in [0.5, 0.6) is 5.75 Å². The molecular formula is C24H26F3N5O. The summed E-state index contributed by atoms with van der Waals surface area (Å²) in [6, 6.07) is 6.50. The zero-order valence-corrected chi connectivity index (χ0v) is 18.3. The summed E-state index contributed by atoms with van der Waals surface area (Å²) in [6.07, 6.45) is 1.73. The van der Waals surface area contributed by atoms with Crippen LogP contribution < -0.4 is 16.4 Å². The second-order valence-electron chi connectivity index (χ2n) is 8.24. The first kappa shape index (κ1) is 22.9. The lowest BCUT2D eigenvalue weighted by Crippen LogP contribution is -2.45. The Balaban J connectivity index is 1.74. The summed E-state index contributed by atoms with van der Waals surface area (Å²) in [7, 11) is 1.97. The van der Waals surface area contributed by atoms with E-state index in [1.807, 2.05) is 7.05 Å². The van der Waals surface area contributed by atoms with Crippen molar-refractivity contribution in [2.45, 2.75) is 6.42 Å². The van der Waals surface area contributed by atoms with Crippen LogP contribution in [0.25, 0.3) is 22.3 Å². The van der Waals surface area contributed by atoms with Crippen molar-refractivity contribution in [1.82, 2.24) is 9.88 Å². The number of piperazine rings is 1. The second-order valence-corrected chi connectivity index (χ2v) is 8.24. The van der Waals surface area contributed by atoms with Gasteiger partial charge in [-0.2, -0.15) is 0 Å². The number of anilines is 2. The fourth-order valence-corrected chi connectivity index (χ4v) is 4.08. The van der Waals surface area contributed by atoms with E-state index in [9.17, 15) is 18.3 Å². The number of pyridine rings is 1. The van der Waals surface area contributed by atoms with Gasteiger partial charge in [0.2, 0.25) is 0 Å². The highest BCUT2D eigenvalue weighted by Crippen LogP contribution is 2.36. The molecule has 3 aromatic rings. The maximum Gasteiger partial charge on any atom is 0.150 e. The highest BCUT2D eigenvalue weighted by atomic mass is 19.1. The molecule has 0 saturated carbocycles. The molecule has 0 radical (unpaired) electrons. The number of benzene rings is 2. The molecule has 6 nitrogen and oxygen atoms in total. The van der Waals surface area contributed by atoms with Crippen LogP contribution in [0.15, 0.2) is 36.5 Å². The topological polar surface area (TPSA) is 91.6 Å². The molecule has 9 heteroatoms.